The van der Waals surface area contributed by atoms with Crippen LogP contribution in [-0.4, -0.2) is 24.5 Å². The van der Waals surface area contributed by atoms with Crippen molar-refractivity contribution in [3.8, 4) is 0 Å². The largest absolute Gasteiger partial charge is 0.322 e. The van der Waals surface area contributed by atoms with E-state index in [0.29, 0.717) is 5.56 Å². The molecule has 0 saturated heterocycles. The van der Waals surface area contributed by atoms with E-state index >= 15 is 0 Å². The van der Waals surface area contributed by atoms with Crippen molar-refractivity contribution in [2.24, 2.45) is 5.73 Å². The van der Waals surface area contributed by atoms with E-state index in [1.807, 2.05) is 32.8 Å². The highest BCUT2D eigenvalue weighted by Gasteiger charge is 2.31. The molecule has 0 aromatic heterocycles. The average molecular weight is 228 g/mol. The van der Waals surface area contributed by atoms with Crippen LogP contribution in [0.3, 0.4) is 0 Å². The minimum atomic E-state index is -0.595. The van der Waals surface area contributed by atoms with Gasteiger partial charge in [-0.1, -0.05) is 6.07 Å². The van der Waals surface area contributed by atoms with Gasteiger partial charge in [0.15, 0.2) is 0 Å². The monoisotopic (exact) mass is 228 g/mol. The molecular formula is C12H18F2N2. The van der Waals surface area contributed by atoms with Gasteiger partial charge in [-0.2, -0.15) is 0 Å². The van der Waals surface area contributed by atoms with Crippen LogP contribution in [0.15, 0.2) is 18.2 Å². The smallest absolute Gasteiger partial charge is 0.130 e. The van der Waals surface area contributed by atoms with Crippen LogP contribution in [0.4, 0.5) is 8.78 Å². The van der Waals surface area contributed by atoms with E-state index in [9.17, 15) is 8.78 Å². The van der Waals surface area contributed by atoms with Crippen molar-refractivity contribution in [1.29, 1.82) is 0 Å². The first-order valence-electron chi connectivity index (χ1n) is 5.14. The Morgan fingerprint density at radius 1 is 1.25 bits per heavy atom. The first-order chi connectivity index (χ1) is 7.26. The van der Waals surface area contributed by atoms with Crippen LogP contribution in [0.25, 0.3) is 0 Å². The number of nitrogens with zero attached hydrogens (tertiary/aromatic N) is 1. The summed E-state index contributed by atoms with van der Waals surface area (Å²) < 4.78 is 26.3. The second-order valence-electron chi connectivity index (χ2n) is 4.69. The Hall–Kier alpha value is -1.00. The van der Waals surface area contributed by atoms with Crippen LogP contribution >= 0.6 is 0 Å². The number of hydrogen-bond donors (Lipinski definition) is 1. The molecule has 0 heterocycles. The lowest BCUT2D eigenvalue weighted by atomic mass is 9.88. The number of likely N-dealkylation sites (N-methyl/N-ethyl adjacent to an activating group) is 1. The highest BCUT2D eigenvalue weighted by Crippen LogP contribution is 2.28. The van der Waals surface area contributed by atoms with Gasteiger partial charge in [0.1, 0.15) is 11.6 Å². The van der Waals surface area contributed by atoms with Crippen LogP contribution in [-0.2, 0) is 0 Å². The van der Waals surface area contributed by atoms with Crippen molar-refractivity contribution >= 4 is 0 Å². The van der Waals surface area contributed by atoms with Crippen molar-refractivity contribution < 1.29 is 8.78 Å². The molecule has 0 radical (unpaired) electrons. The second kappa shape index (κ2) is 4.47. The fraction of sp³-hybridized carbons (Fsp3) is 0.500. The molecular weight excluding hydrogens is 210 g/mol. The van der Waals surface area contributed by atoms with Gasteiger partial charge in [0, 0.05) is 17.2 Å². The summed E-state index contributed by atoms with van der Waals surface area (Å²) >= 11 is 0. The summed E-state index contributed by atoms with van der Waals surface area (Å²) in [7, 11) is 3.75. The molecule has 2 N–H and O–H groups in total. The van der Waals surface area contributed by atoms with Crippen LogP contribution in [0.5, 0.6) is 0 Å². The minimum absolute atomic E-state index is 0.333. The SMILES string of the molecule is CN(C)C(C)(C)C(N)c1ccc(F)cc1F. The molecule has 0 spiro atoms. The zero-order chi connectivity index (χ0) is 12.5. The Bertz CT molecular complexity index is 375. The van der Waals surface area contributed by atoms with E-state index in [2.05, 4.69) is 0 Å². The summed E-state index contributed by atoms with van der Waals surface area (Å²) in [6.07, 6.45) is 0. The average Bonchev–Trinajstić information content (AvgIpc) is 2.16. The maximum Gasteiger partial charge on any atom is 0.130 e. The lowest BCUT2D eigenvalue weighted by Gasteiger charge is -2.38. The third-order valence-electron chi connectivity index (χ3n) is 3.21. The van der Waals surface area contributed by atoms with Crippen molar-refractivity contribution in [3.63, 3.8) is 0 Å². The molecule has 0 aliphatic heterocycles. The van der Waals surface area contributed by atoms with Gasteiger partial charge in [-0.05, 0) is 34.0 Å². The highest BCUT2D eigenvalue weighted by molar-refractivity contribution is 5.24. The van der Waals surface area contributed by atoms with E-state index in [4.69, 9.17) is 5.73 Å². The first-order valence-corrected chi connectivity index (χ1v) is 5.14. The second-order valence-corrected chi connectivity index (χ2v) is 4.69. The van der Waals surface area contributed by atoms with E-state index in [0.717, 1.165) is 6.07 Å². The molecule has 0 amide bonds. The molecule has 0 fully saturated rings. The van der Waals surface area contributed by atoms with Gasteiger partial charge in [0.25, 0.3) is 0 Å². The number of rotatable bonds is 3. The summed E-state index contributed by atoms with van der Waals surface area (Å²) in [5, 5.41) is 0. The molecule has 1 aromatic carbocycles. The van der Waals surface area contributed by atoms with Crippen LogP contribution < -0.4 is 5.73 Å². The minimum Gasteiger partial charge on any atom is -0.322 e. The van der Waals surface area contributed by atoms with Crippen molar-refractivity contribution in [2.75, 3.05) is 14.1 Å². The Labute approximate surface area is 95.1 Å². The van der Waals surface area contributed by atoms with Gasteiger partial charge in [-0.25, -0.2) is 8.78 Å². The lowest BCUT2D eigenvalue weighted by Crippen LogP contribution is -2.47. The van der Waals surface area contributed by atoms with Crippen molar-refractivity contribution in [1.82, 2.24) is 4.90 Å². The summed E-state index contributed by atoms with van der Waals surface area (Å²) in [5.74, 6) is -1.18. The van der Waals surface area contributed by atoms with E-state index in [1.165, 1.54) is 12.1 Å². The molecule has 4 heteroatoms. The molecule has 0 aliphatic rings. The van der Waals surface area contributed by atoms with Crippen LogP contribution in [0.1, 0.15) is 25.5 Å². The zero-order valence-electron chi connectivity index (χ0n) is 10.1. The summed E-state index contributed by atoms with van der Waals surface area (Å²) in [6, 6.07) is 2.98. The Kier molecular flexibility index (Phi) is 3.65. The first kappa shape index (κ1) is 13.1. The molecule has 1 unspecified atom stereocenters. The lowest BCUT2D eigenvalue weighted by molar-refractivity contribution is 0.157. The molecule has 0 bridgehead atoms. The topological polar surface area (TPSA) is 29.3 Å². The highest BCUT2D eigenvalue weighted by atomic mass is 19.1. The maximum atomic E-state index is 13.6. The number of benzene rings is 1. The normalized spacial score (nSPS) is 14.2. The Balaban J connectivity index is 3.10. The fourth-order valence-corrected chi connectivity index (χ4v) is 1.41. The molecule has 2 nitrogen and oxygen atoms in total. The van der Waals surface area contributed by atoms with Gasteiger partial charge in [-0.3, -0.25) is 0 Å². The Morgan fingerprint density at radius 3 is 2.25 bits per heavy atom. The fourth-order valence-electron chi connectivity index (χ4n) is 1.41. The number of halogens is 2. The predicted molar refractivity (Wildman–Crippen MR) is 61.1 cm³/mol. The van der Waals surface area contributed by atoms with Gasteiger partial charge in [-0.15, -0.1) is 0 Å². The van der Waals surface area contributed by atoms with Gasteiger partial charge in [0.05, 0.1) is 6.04 Å². The molecule has 1 aromatic rings. The molecule has 1 atom stereocenters. The summed E-state index contributed by atoms with van der Waals surface area (Å²) in [4.78, 5) is 1.92. The van der Waals surface area contributed by atoms with Gasteiger partial charge < -0.3 is 10.6 Å². The van der Waals surface area contributed by atoms with Crippen molar-refractivity contribution in [2.45, 2.75) is 25.4 Å². The zero-order valence-corrected chi connectivity index (χ0v) is 10.1. The summed E-state index contributed by atoms with van der Waals surface area (Å²) in [6.45, 7) is 3.83. The summed E-state index contributed by atoms with van der Waals surface area (Å²) in [5.41, 5.74) is 5.95. The van der Waals surface area contributed by atoms with E-state index in [-0.39, 0.29) is 0 Å². The third-order valence-corrected chi connectivity index (χ3v) is 3.21. The molecule has 0 saturated carbocycles. The van der Waals surface area contributed by atoms with Crippen LogP contribution in [0, 0.1) is 11.6 Å². The Morgan fingerprint density at radius 2 is 1.81 bits per heavy atom. The van der Waals surface area contributed by atoms with E-state index in [1.54, 1.807) is 0 Å². The predicted octanol–water partition coefficient (Wildman–Crippen LogP) is 2.30. The molecule has 1 rings (SSSR count). The molecule has 90 valence electrons. The van der Waals surface area contributed by atoms with Gasteiger partial charge in [0.2, 0.25) is 0 Å². The number of hydrogen-bond acceptors (Lipinski definition) is 2. The van der Waals surface area contributed by atoms with E-state index < -0.39 is 23.2 Å². The maximum absolute atomic E-state index is 13.6. The van der Waals surface area contributed by atoms with Crippen molar-refractivity contribution in [3.05, 3.63) is 35.4 Å². The molecule has 16 heavy (non-hydrogen) atoms. The van der Waals surface area contributed by atoms with Crippen LogP contribution in [0.2, 0.25) is 0 Å². The van der Waals surface area contributed by atoms with Gasteiger partial charge >= 0.3 is 0 Å². The third kappa shape index (κ3) is 2.39. The quantitative estimate of drug-likeness (QED) is 0.860. The molecule has 0 aliphatic carbocycles. The standard InChI is InChI=1S/C12H18F2N2/c1-12(2,16(3)4)11(15)9-6-5-8(13)7-10(9)14/h5-7,11H,15H2,1-4H3. The number of nitrogens with two attached hydrogens (primary N) is 1.